The molecule has 0 amide bonds. The smallest absolute Gasteiger partial charge is 0.406 e. The Morgan fingerprint density at radius 1 is 1.20 bits per heavy atom. The summed E-state index contributed by atoms with van der Waals surface area (Å²) >= 11 is 0. The van der Waals surface area contributed by atoms with E-state index >= 15 is 0 Å². The highest BCUT2D eigenvalue weighted by atomic mass is 19.4. The second kappa shape index (κ2) is 9.04. The molecule has 0 aliphatic rings. The molecule has 1 aromatic carbocycles. The summed E-state index contributed by atoms with van der Waals surface area (Å²) in [4.78, 5) is 14.7. The second-order valence-corrected chi connectivity index (χ2v) is 6.55. The Kier molecular flexibility index (Phi) is 7.67. The highest BCUT2D eigenvalue weighted by Gasteiger charge is 2.31. The van der Waals surface area contributed by atoms with Crippen LogP contribution < -0.4 is 4.74 Å². The van der Waals surface area contributed by atoms with Crippen LogP contribution in [0.2, 0.25) is 0 Å². The van der Waals surface area contributed by atoms with Crippen LogP contribution in [0.1, 0.15) is 33.3 Å². The number of alkyl halides is 3. The first kappa shape index (κ1) is 21.2. The Morgan fingerprint density at radius 2 is 1.76 bits per heavy atom. The number of nitrogens with zero attached hydrogens (tertiary/aromatic N) is 1. The summed E-state index contributed by atoms with van der Waals surface area (Å²) in [5.74, 6) is -0.301. The lowest BCUT2D eigenvalue weighted by Gasteiger charge is -2.34. The van der Waals surface area contributed by atoms with Crippen molar-refractivity contribution in [3.8, 4) is 5.75 Å². The number of ether oxygens (including phenoxy) is 1. The first-order valence-electron chi connectivity index (χ1n) is 8.30. The zero-order valence-electron chi connectivity index (χ0n) is 15.1. The molecule has 6 heteroatoms. The van der Waals surface area contributed by atoms with Gasteiger partial charge in [-0.3, -0.25) is 9.69 Å². The average molecular weight is 357 g/mol. The van der Waals surface area contributed by atoms with Gasteiger partial charge in [-0.25, -0.2) is 0 Å². The summed E-state index contributed by atoms with van der Waals surface area (Å²) in [5, 5.41) is 0. The summed E-state index contributed by atoms with van der Waals surface area (Å²) in [6.07, 6.45) is -2.54. The zero-order valence-corrected chi connectivity index (χ0v) is 15.1. The number of ketones is 1. The summed E-state index contributed by atoms with van der Waals surface area (Å²) in [5.41, 5.74) is 0.781. The monoisotopic (exact) mass is 357 g/mol. The van der Waals surface area contributed by atoms with E-state index in [1.807, 2.05) is 27.7 Å². The first-order chi connectivity index (χ1) is 11.5. The summed E-state index contributed by atoms with van der Waals surface area (Å²) < 4.78 is 40.6. The summed E-state index contributed by atoms with van der Waals surface area (Å²) in [6, 6.07) is 5.45. The molecule has 1 rings (SSSR count). The third-order valence-corrected chi connectivity index (χ3v) is 3.89. The van der Waals surface area contributed by atoms with Crippen LogP contribution in [-0.2, 0) is 11.2 Å². The summed E-state index contributed by atoms with van der Waals surface area (Å²) in [6.45, 7) is 12.0. The molecule has 0 unspecified atom stereocenters. The third kappa shape index (κ3) is 6.90. The molecule has 0 saturated carbocycles. The minimum Gasteiger partial charge on any atom is -0.406 e. The maximum Gasteiger partial charge on any atom is 0.573 e. The number of halogens is 3. The van der Waals surface area contributed by atoms with Gasteiger partial charge in [0.15, 0.2) is 5.78 Å². The van der Waals surface area contributed by atoms with Crippen LogP contribution in [0.5, 0.6) is 5.75 Å². The van der Waals surface area contributed by atoms with Crippen molar-refractivity contribution in [3.63, 3.8) is 0 Å². The van der Waals surface area contributed by atoms with Crippen molar-refractivity contribution >= 4 is 5.78 Å². The van der Waals surface area contributed by atoms with E-state index in [9.17, 15) is 18.0 Å². The molecule has 0 spiro atoms. The van der Waals surface area contributed by atoms with E-state index in [1.165, 1.54) is 12.1 Å². The molecule has 0 fully saturated rings. The van der Waals surface area contributed by atoms with Crippen molar-refractivity contribution in [2.75, 3.05) is 6.54 Å². The number of rotatable bonds is 9. The largest absolute Gasteiger partial charge is 0.573 e. The molecule has 0 saturated heterocycles. The van der Waals surface area contributed by atoms with Crippen LogP contribution >= 0.6 is 0 Å². The van der Waals surface area contributed by atoms with Crippen LogP contribution in [0.15, 0.2) is 36.9 Å². The molecule has 0 aliphatic carbocycles. The molecule has 25 heavy (non-hydrogen) atoms. The van der Waals surface area contributed by atoms with E-state index in [4.69, 9.17) is 0 Å². The molecule has 0 aliphatic heterocycles. The van der Waals surface area contributed by atoms with Crippen molar-refractivity contribution in [2.45, 2.75) is 52.6 Å². The van der Waals surface area contributed by atoms with Gasteiger partial charge in [-0.2, -0.15) is 0 Å². The molecule has 140 valence electrons. The van der Waals surface area contributed by atoms with Crippen molar-refractivity contribution in [3.05, 3.63) is 42.5 Å². The minimum absolute atomic E-state index is 0.103. The molecule has 0 bridgehead atoms. The minimum atomic E-state index is -4.71. The lowest BCUT2D eigenvalue weighted by atomic mass is 9.93. The van der Waals surface area contributed by atoms with Crippen LogP contribution in [0.25, 0.3) is 0 Å². The lowest BCUT2D eigenvalue weighted by Crippen LogP contribution is -2.48. The van der Waals surface area contributed by atoms with E-state index in [1.54, 1.807) is 18.2 Å². The standard InChI is InChI=1S/C19H26F3NO2/c1-6-11-23(14(4)5)17(18(24)13(2)3)12-15-7-9-16(10-8-15)25-19(20,21)22/h6-10,13-14,17H,1,11-12H2,2-5H3/t17-/m0/s1. The number of carbonyl (C=O) groups is 1. The number of carbonyl (C=O) groups excluding carboxylic acids is 1. The fourth-order valence-electron chi connectivity index (χ4n) is 2.66. The zero-order chi connectivity index (χ0) is 19.2. The number of Topliss-reactive ketones (excluding diaryl/α,β-unsaturated/α-hetero) is 1. The van der Waals surface area contributed by atoms with Gasteiger partial charge < -0.3 is 4.74 Å². The predicted octanol–water partition coefficient (Wildman–Crippen LogP) is 4.62. The van der Waals surface area contributed by atoms with Gasteiger partial charge >= 0.3 is 6.36 Å². The highest BCUT2D eigenvalue weighted by Crippen LogP contribution is 2.24. The van der Waals surface area contributed by atoms with Crippen LogP contribution in [0, 0.1) is 5.92 Å². The molecule has 1 atom stereocenters. The van der Waals surface area contributed by atoms with Crippen LogP contribution in [0.3, 0.4) is 0 Å². The van der Waals surface area contributed by atoms with Gasteiger partial charge in [-0.15, -0.1) is 19.8 Å². The van der Waals surface area contributed by atoms with Crippen LogP contribution in [-0.4, -0.2) is 35.7 Å². The quantitative estimate of drug-likeness (QED) is 0.604. The van der Waals surface area contributed by atoms with E-state index in [0.717, 1.165) is 5.56 Å². The predicted molar refractivity (Wildman–Crippen MR) is 92.5 cm³/mol. The molecule has 3 nitrogen and oxygen atoms in total. The van der Waals surface area contributed by atoms with Crippen molar-refractivity contribution in [2.24, 2.45) is 5.92 Å². The molecule has 0 heterocycles. The average Bonchev–Trinajstić information content (AvgIpc) is 2.49. The maximum atomic E-state index is 12.7. The fourth-order valence-corrected chi connectivity index (χ4v) is 2.66. The molecular formula is C19H26F3NO2. The van der Waals surface area contributed by atoms with Gasteiger partial charge in [-0.1, -0.05) is 32.1 Å². The fraction of sp³-hybridized carbons (Fsp3) is 0.526. The molecule has 1 aromatic rings. The van der Waals surface area contributed by atoms with Crippen molar-refractivity contribution in [1.29, 1.82) is 0 Å². The van der Waals surface area contributed by atoms with Gasteiger partial charge in [0.1, 0.15) is 5.75 Å². The van der Waals surface area contributed by atoms with Gasteiger partial charge in [0.05, 0.1) is 6.04 Å². The highest BCUT2D eigenvalue weighted by molar-refractivity contribution is 5.86. The van der Waals surface area contributed by atoms with Crippen molar-refractivity contribution in [1.82, 2.24) is 4.90 Å². The molecule has 0 aromatic heterocycles. The number of hydrogen-bond acceptors (Lipinski definition) is 3. The van der Waals surface area contributed by atoms with Gasteiger partial charge in [0.2, 0.25) is 0 Å². The molecule has 0 radical (unpaired) electrons. The normalized spacial score (nSPS) is 13.4. The second-order valence-electron chi connectivity index (χ2n) is 6.55. The van der Waals surface area contributed by atoms with E-state index in [0.29, 0.717) is 13.0 Å². The Labute approximate surface area is 147 Å². The van der Waals surface area contributed by atoms with E-state index in [-0.39, 0.29) is 29.5 Å². The Hall–Kier alpha value is -1.82. The molecular weight excluding hydrogens is 331 g/mol. The third-order valence-electron chi connectivity index (χ3n) is 3.89. The Balaban J connectivity index is 3.00. The van der Waals surface area contributed by atoms with E-state index in [2.05, 4.69) is 16.2 Å². The molecule has 0 N–H and O–H groups in total. The van der Waals surface area contributed by atoms with Gasteiger partial charge in [-0.05, 0) is 38.0 Å². The maximum absolute atomic E-state index is 12.7. The summed E-state index contributed by atoms with van der Waals surface area (Å²) in [7, 11) is 0. The lowest BCUT2D eigenvalue weighted by molar-refractivity contribution is -0.274. The Bertz CT molecular complexity index is 565. The topological polar surface area (TPSA) is 29.5 Å². The SMILES string of the molecule is C=CCN(C(C)C)[C@@H](Cc1ccc(OC(F)(F)F)cc1)C(=O)C(C)C. The van der Waals surface area contributed by atoms with Crippen molar-refractivity contribution < 1.29 is 22.7 Å². The number of benzene rings is 1. The Morgan fingerprint density at radius 3 is 2.16 bits per heavy atom. The van der Waals surface area contributed by atoms with E-state index < -0.39 is 6.36 Å². The van der Waals surface area contributed by atoms with Gasteiger partial charge in [0.25, 0.3) is 0 Å². The number of hydrogen-bond donors (Lipinski definition) is 0. The van der Waals surface area contributed by atoms with Gasteiger partial charge in [0, 0.05) is 18.5 Å². The van der Waals surface area contributed by atoms with Crippen LogP contribution in [0.4, 0.5) is 13.2 Å². The first-order valence-corrected chi connectivity index (χ1v) is 8.30.